The Kier molecular flexibility index (Phi) is 4.79. The molecule has 0 aliphatic rings. The molecule has 2 aromatic carbocycles. The van der Waals surface area contributed by atoms with Crippen LogP contribution >= 0.6 is 0 Å². The zero-order valence-corrected chi connectivity index (χ0v) is 11.7. The third-order valence-electron chi connectivity index (χ3n) is 3.13. The molecule has 0 aromatic heterocycles. The normalized spacial score (nSPS) is 11.4. The summed E-state index contributed by atoms with van der Waals surface area (Å²) in [5.41, 5.74) is 4.91. The molecule has 1 heteroatoms. The van der Waals surface area contributed by atoms with E-state index in [2.05, 4.69) is 73.8 Å². The van der Waals surface area contributed by atoms with Crippen molar-refractivity contribution in [3.8, 4) is 0 Å². The zero-order valence-electron chi connectivity index (χ0n) is 11.7. The van der Waals surface area contributed by atoms with Gasteiger partial charge in [0, 0.05) is 11.4 Å². The van der Waals surface area contributed by atoms with Crippen LogP contribution < -0.4 is 5.32 Å². The third-order valence-corrected chi connectivity index (χ3v) is 3.13. The lowest BCUT2D eigenvalue weighted by Crippen LogP contribution is -1.99. The van der Waals surface area contributed by atoms with Gasteiger partial charge in [-0.3, -0.25) is 0 Å². The summed E-state index contributed by atoms with van der Waals surface area (Å²) in [6.45, 7) is 4.33. The smallest absolute Gasteiger partial charge is 0.0417 e. The highest BCUT2D eigenvalue weighted by atomic mass is 14.9. The number of aryl methyl sites for hydroxylation is 1. The van der Waals surface area contributed by atoms with Gasteiger partial charge >= 0.3 is 0 Å². The van der Waals surface area contributed by atoms with Crippen LogP contribution in [0.15, 0.2) is 60.7 Å². The van der Waals surface area contributed by atoms with E-state index in [4.69, 9.17) is 0 Å². The molecular formula is C18H21N. The van der Waals surface area contributed by atoms with Crippen molar-refractivity contribution in [3.05, 3.63) is 71.8 Å². The predicted octanol–water partition coefficient (Wildman–Crippen LogP) is 5.11. The fourth-order valence-electron chi connectivity index (χ4n) is 2.04. The molecule has 19 heavy (non-hydrogen) atoms. The van der Waals surface area contributed by atoms with Crippen LogP contribution in [0, 0.1) is 0 Å². The van der Waals surface area contributed by atoms with E-state index < -0.39 is 0 Å². The Labute approximate surface area is 116 Å². The van der Waals surface area contributed by atoms with Crippen molar-refractivity contribution in [1.82, 2.24) is 0 Å². The number of anilines is 1. The fourth-order valence-corrected chi connectivity index (χ4v) is 2.04. The molecule has 0 spiro atoms. The summed E-state index contributed by atoms with van der Waals surface area (Å²) in [4.78, 5) is 0. The van der Waals surface area contributed by atoms with E-state index in [0.717, 1.165) is 18.5 Å². The van der Waals surface area contributed by atoms with Crippen molar-refractivity contribution in [1.29, 1.82) is 0 Å². The van der Waals surface area contributed by atoms with Crippen molar-refractivity contribution in [2.24, 2.45) is 0 Å². The average molecular weight is 251 g/mol. The minimum Gasteiger partial charge on any atom is -0.355 e. The van der Waals surface area contributed by atoms with Crippen LogP contribution in [-0.4, -0.2) is 0 Å². The Morgan fingerprint density at radius 2 is 1.63 bits per heavy atom. The second-order valence-corrected chi connectivity index (χ2v) is 4.57. The SMILES string of the molecule is CC/C=C(/Nc1ccc(CC)cc1)c1ccccc1. The first kappa shape index (κ1) is 13.4. The summed E-state index contributed by atoms with van der Waals surface area (Å²) in [6.07, 6.45) is 4.32. The molecule has 0 radical (unpaired) electrons. The van der Waals surface area contributed by atoms with E-state index >= 15 is 0 Å². The van der Waals surface area contributed by atoms with E-state index in [9.17, 15) is 0 Å². The van der Waals surface area contributed by atoms with Gasteiger partial charge in [0.15, 0.2) is 0 Å². The molecule has 0 aliphatic heterocycles. The zero-order chi connectivity index (χ0) is 13.5. The van der Waals surface area contributed by atoms with Gasteiger partial charge in [0.1, 0.15) is 0 Å². The summed E-state index contributed by atoms with van der Waals surface area (Å²) in [7, 11) is 0. The van der Waals surface area contributed by atoms with Crippen LogP contribution in [0.1, 0.15) is 31.4 Å². The molecule has 0 bridgehead atoms. The predicted molar refractivity (Wildman–Crippen MR) is 84.2 cm³/mol. The van der Waals surface area contributed by atoms with Gasteiger partial charge in [0.25, 0.3) is 0 Å². The van der Waals surface area contributed by atoms with Crippen LogP contribution in [-0.2, 0) is 6.42 Å². The fraction of sp³-hybridized carbons (Fsp3) is 0.222. The van der Waals surface area contributed by atoms with E-state index in [0.29, 0.717) is 0 Å². The molecule has 1 nitrogen and oxygen atoms in total. The van der Waals surface area contributed by atoms with Gasteiger partial charge in [-0.05, 0) is 36.1 Å². The monoisotopic (exact) mass is 251 g/mol. The second kappa shape index (κ2) is 6.79. The minimum atomic E-state index is 1.02. The molecule has 2 aromatic rings. The van der Waals surface area contributed by atoms with Gasteiger partial charge in [-0.25, -0.2) is 0 Å². The molecule has 0 unspecified atom stereocenters. The number of rotatable bonds is 5. The third kappa shape index (κ3) is 3.72. The van der Waals surface area contributed by atoms with Gasteiger partial charge in [-0.1, -0.05) is 62.4 Å². The average Bonchev–Trinajstić information content (AvgIpc) is 2.48. The van der Waals surface area contributed by atoms with Crippen molar-refractivity contribution in [2.45, 2.75) is 26.7 Å². The molecule has 0 atom stereocenters. The quantitative estimate of drug-likeness (QED) is 0.778. The number of nitrogens with one attached hydrogen (secondary N) is 1. The number of hydrogen-bond donors (Lipinski definition) is 1. The van der Waals surface area contributed by atoms with E-state index in [-0.39, 0.29) is 0 Å². The van der Waals surface area contributed by atoms with Crippen molar-refractivity contribution in [3.63, 3.8) is 0 Å². The van der Waals surface area contributed by atoms with Gasteiger partial charge in [0.05, 0.1) is 0 Å². The first-order valence-electron chi connectivity index (χ1n) is 6.95. The molecule has 0 saturated carbocycles. The first-order chi connectivity index (χ1) is 9.33. The molecule has 1 N–H and O–H groups in total. The first-order valence-corrected chi connectivity index (χ1v) is 6.95. The number of allylic oxidation sites excluding steroid dienone is 1. The molecule has 98 valence electrons. The van der Waals surface area contributed by atoms with Crippen molar-refractivity contribution >= 4 is 11.4 Å². The largest absolute Gasteiger partial charge is 0.355 e. The van der Waals surface area contributed by atoms with Gasteiger partial charge in [-0.2, -0.15) is 0 Å². The van der Waals surface area contributed by atoms with Gasteiger partial charge in [0.2, 0.25) is 0 Å². The highest BCUT2D eigenvalue weighted by molar-refractivity contribution is 5.76. The van der Waals surface area contributed by atoms with Gasteiger partial charge in [-0.15, -0.1) is 0 Å². The highest BCUT2D eigenvalue weighted by Crippen LogP contribution is 2.19. The molecule has 0 amide bonds. The molecule has 0 saturated heterocycles. The maximum Gasteiger partial charge on any atom is 0.0417 e. The Morgan fingerprint density at radius 3 is 2.21 bits per heavy atom. The second-order valence-electron chi connectivity index (χ2n) is 4.57. The molecule has 0 heterocycles. The van der Waals surface area contributed by atoms with Crippen LogP contribution in [0.2, 0.25) is 0 Å². The van der Waals surface area contributed by atoms with E-state index in [1.165, 1.54) is 16.8 Å². The lowest BCUT2D eigenvalue weighted by molar-refractivity contribution is 1.14. The van der Waals surface area contributed by atoms with Crippen molar-refractivity contribution in [2.75, 3.05) is 5.32 Å². The molecular weight excluding hydrogens is 230 g/mol. The summed E-state index contributed by atoms with van der Waals surface area (Å²) >= 11 is 0. The van der Waals surface area contributed by atoms with E-state index in [1.54, 1.807) is 0 Å². The topological polar surface area (TPSA) is 12.0 Å². The molecule has 2 rings (SSSR count). The van der Waals surface area contributed by atoms with Crippen LogP contribution in [0.25, 0.3) is 5.70 Å². The summed E-state index contributed by atoms with van der Waals surface area (Å²) in [5, 5.41) is 3.51. The Bertz CT molecular complexity index is 523. The lowest BCUT2D eigenvalue weighted by Gasteiger charge is -2.12. The Hall–Kier alpha value is -2.02. The van der Waals surface area contributed by atoms with Crippen LogP contribution in [0.4, 0.5) is 5.69 Å². The van der Waals surface area contributed by atoms with Crippen LogP contribution in [0.3, 0.4) is 0 Å². The van der Waals surface area contributed by atoms with Crippen molar-refractivity contribution < 1.29 is 0 Å². The molecule has 0 fully saturated rings. The van der Waals surface area contributed by atoms with Gasteiger partial charge < -0.3 is 5.32 Å². The number of benzene rings is 2. The molecule has 0 aliphatic carbocycles. The Balaban J connectivity index is 2.19. The van der Waals surface area contributed by atoms with Crippen LogP contribution in [0.5, 0.6) is 0 Å². The lowest BCUT2D eigenvalue weighted by atomic mass is 10.1. The standard InChI is InChI=1S/C18H21N/c1-3-8-18(16-9-6-5-7-10-16)19-17-13-11-15(4-2)12-14-17/h5-14,19H,3-4H2,1-2H3/b18-8+. The minimum absolute atomic E-state index is 1.02. The highest BCUT2D eigenvalue weighted by Gasteiger charge is 2.01. The summed E-state index contributed by atoms with van der Waals surface area (Å²) in [6, 6.07) is 19.1. The maximum atomic E-state index is 3.51. The maximum absolute atomic E-state index is 3.51. The summed E-state index contributed by atoms with van der Waals surface area (Å²) < 4.78 is 0. The van der Waals surface area contributed by atoms with E-state index in [1.807, 2.05) is 6.07 Å². The number of hydrogen-bond acceptors (Lipinski definition) is 1. The summed E-state index contributed by atoms with van der Waals surface area (Å²) in [5.74, 6) is 0. The Morgan fingerprint density at radius 1 is 0.947 bits per heavy atom.